The molecular weight excluding hydrogens is 404 g/mol. The number of likely N-dealkylation sites (N-methyl/N-ethyl adjacent to an activating group) is 1. The maximum Gasteiger partial charge on any atom is 0.123 e. The minimum Gasteiger partial charge on any atom is -0.496 e. The van der Waals surface area contributed by atoms with Gasteiger partial charge in [-0.2, -0.15) is 0 Å². The highest BCUT2D eigenvalue weighted by molar-refractivity contribution is 5.98. The Balaban J connectivity index is 1.83. The number of aliphatic imine (C=N–C) groups is 1. The Hall–Kier alpha value is -2.83. The monoisotopic (exact) mass is 440 g/mol. The average molecular weight is 441 g/mol. The van der Waals surface area contributed by atoms with Gasteiger partial charge in [-0.05, 0) is 63.7 Å². The van der Waals surface area contributed by atoms with Gasteiger partial charge in [-0.3, -0.25) is 9.89 Å². The number of hydrogen-bond acceptors (Lipinski definition) is 6. The van der Waals surface area contributed by atoms with Crippen LogP contribution >= 0.6 is 0 Å². The quantitative estimate of drug-likeness (QED) is 0.469. The van der Waals surface area contributed by atoms with Crippen molar-refractivity contribution < 1.29 is 19.3 Å². The molecule has 0 heterocycles. The highest BCUT2D eigenvalue weighted by Gasteiger charge is 2.12. The number of ether oxygens (including phenoxy) is 3. The largest absolute Gasteiger partial charge is 0.496 e. The van der Waals surface area contributed by atoms with Gasteiger partial charge in [0.1, 0.15) is 30.0 Å². The van der Waals surface area contributed by atoms with Crippen LogP contribution in [0.3, 0.4) is 0 Å². The summed E-state index contributed by atoms with van der Waals surface area (Å²) in [6.45, 7) is 8.58. The van der Waals surface area contributed by atoms with E-state index in [-0.39, 0.29) is 6.61 Å². The van der Waals surface area contributed by atoms with Crippen LogP contribution in [0.5, 0.6) is 17.2 Å². The lowest BCUT2D eigenvalue weighted by molar-refractivity contribution is 0.0791. The molecule has 0 aliphatic heterocycles. The Labute approximate surface area is 192 Å². The van der Waals surface area contributed by atoms with E-state index in [1.807, 2.05) is 76.3 Å². The van der Waals surface area contributed by atoms with Gasteiger partial charge < -0.3 is 19.3 Å². The van der Waals surface area contributed by atoms with Crippen LogP contribution in [0.2, 0.25) is 0 Å². The topological polar surface area (TPSA) is 63.5 Å². The second kappa shape index (κ2) is 13.6. The molecule has 0 aromatic heterocycles. The Bertz CT molecular complexity index is 878. The molecule has 174 valence electrons. The van der Waals surface area contributed by atoms with Gasteiger partial charge in [0.15, 0.2) is 0 Å². The molecule has 32 heavy (non-hydrogen) atoms. The third kappa shape index (κ3) is 8.36. The van der Waals surface area contributed by atoms with Crippen molar-refractivity contribution in [1.29, 1.82) is 0 Å². The molecule has 0 bridgehead atoms. The molecule has 0 amide bonds. The molecule has 0 fully saturated rings. The first kappa shape index (κ1) is 25.4. The maximum atomic E-state index is 10.4. The lowest BCUT2D eigenvalue weighted by Crippen LogP contribution is -2.35. The molecular formula is C26H36N2O4. The number of allylic oxidation sites excluding steroid dienone is 1. The van der Waals surface area contributed by atoms with Crippen molar-refractivity contribution in [3.63, 3.8) is 0 Å². The van der Waals surface area contributed by atoms with Gasteiger partial charge >= 0.3 is 0 Å². The Morgan fingerprint density at radius 2 is 1.75 bits per heavy atom. The number of aliphatic hydroxyl groups excluding tert-OH is 1. The number of nitrogens with zero attached hydrogens (tertiary/aromatic N) is 2. The van der Waals surface area contributed by atoms with Gasteiger partial charge in [0.05, 0.1) is 20.3 Å². The van der Waals surface area contributed by atoms with Crippen molar-refractivity contribution in [1.82, 2.24) is 4.90 Å². The van der Waals surface area contributed by atoms with Crippen molar-refractivity contribution in [3.8, 4) is 17.2 Å². The zero-order chi connectivity index (χ0) is 23.3. The van der Waals surface area contributed by atoms with Gasteiger partial charge in [0.25, 0.3) is 0 Å². The molecule has 0 spiro atoms. The molecule has 1 N–H and O–H groups in total. The van der Waals surface area contributed by atoms with Gasteiger partial charge in [0, 0.05) is 24.4 Å². The number of methoxy groups -OCH3 is 1. The molecule has 1 atom stereocenters. The first-order valence-electron chi connectivity index (χ1n) is 11.0. The average Bonchev–Trinajstić information content (AvgIpc) is 2.80. The van der Waals surface area contributed by atoms with E-state index in [0.29, 0.717) is 32.0 Å². The highest BCUT2D eigenvalue weighted by atomic mass is 16.5. The summed E-state index contributed by atoms with van der Waals surface area (Å²) in [4.78, 5) is 6.82. The van der Waals surface area contributed by atoms with Gasteiger partial charge in [-0.25, -0.2) is 0 Å². The molecule has 2 rings (SSSR count). The summed E-state index contributed by atoms with van der Waals surface area (Å²) in [7, 11) is 3.66. The number of rotatable bonds is 13. The van der Waals surface area contributed by atoms with Crippen LogP contribution < -0.4 is 14.2 Å². The van der Waals surface area contributed by atoms with Crippen LogP contribution in [0.15, 0.2) is 65.2 Å². The lowest BCUT2D eigenvalue weighted by Gasteiger charge is -2.22. The Morgan fingerprint density at radius 3 is 2.38 bits per heavy atom. The van der Waals surface area contributed by atoms with E-state index in [4.69, 9.17) is 19.2 Å². The van der Waals surface area contributed by atoms with Crippen molar-refractivity contribution in [2.75, 3.05) is 40.5 Å². The second-order valence-electron chi connectivity index (χ2n) is 7.59. The predicted molar refractivity (Wildman–Crippen MR) is 130 cm³/mol. The molecule has 0 aliphatic carbocycles. The van der Waals surface area contributed by atoms with Crippen molar-refractivity contribution in [2.45, 2.75) is 33.4 Å². The van der Waals surface area contributed by atoms with Crippen LogP contribution in [0.25, 0.3) is 0 Å². The molecule has 0 saturated heterocycles. The van der Waals surface area contributed by atoms with Crippen LogP contribution in [0.4, 0.5) is 0 Å². The summed E-state index contributed by atoms with van der Waals surface area (Å²) in [5.74, 6) is 2.37. The van der Waals surface area contributed by atoms with E-state index >= 15 is 0 Å². The number of hydrogen-bond donors (Lipinski definition) is 1. The maximum absolute atomic E-state index is 10.4. The fraction of sp³-hybridized carbons (Fsp3) is 0.423. The minimum absolute atomic E-state index is 0.227. The van der Waals surface area contributed by atoms with E-state index in [1.165, 1.54) is 0 Å². The van der Waals surface area contributed by atoms with Crippen molar-refractivity contribution >= 4 is 5.71 Å². The lowest BCUT2D eigenvalue weighted by atomic mass is 10.1. The van der Waals surface area contributed by atoms with Crippen LogP contribution in [0.1, 0.15) is 26.3 Å². The third-order valence-electron chi connectivity index (χ3n) is 5.03. The summed E-state index contributed by atoms with van der Waals surface area (Å²) >= 11 is 0. The SMILES string of the molecule is CC=C(CN(C)CC(O)COc1ccc(OCC)cc1)C(C)=NCc1ccccc1OC. The summed E-state index contributed by atoms with van der Waals surface area (Å²) in [6, 6.07) is 15.3. The van der Waals surface area contributed by atoms with E-state index in [2.05, 4.69) is 11.0 Å². The highest BCUT2D eigenvalue weighted by Crippen LogP contribution is 2.19. The minimum atomic E-state index is -0.601. The number of aliphatic hydroxyl groups is 1. The molecule has 0 saturated carbocycles. The molecule has 6 heteroatoms. The predicted octanol–water partition coefficient (Wildman–Crippen LogP) is 4.37. The van der Waals surface area contributed by atoms with Crippen molar-refractivity contribution in [3.05, 3.63) is 65.7 Å². The summed E-state index contributed by atoms with van der Waals surface area (Å²) in [5, 5.41) is 10.4. The van der Waals surface area contributed by atoms with E-state index in [0.717, 1.165) is 28.3 Å². The summed E-state index contributed by atoms with van der Waals surface area (Å²) < 4.78 is 16.5. The van der Waals surface area contributed by atoms with Crippen molar-refractivity contribution in [2.24, 2.45) is 4.99 Å². The van der Waals surface area contributed by atoms with E-state index < -0.39 is 6.10 Å². The van der Waals surface area contributed by atoms with Crippen LogP contribution in [-0.2, 0) is 6.54 Å². The number of benzene rings is 2. The second-order valence-corrected chi connectivity index (χ2v) is 7.59. The standard InChI is InChI=1S/C26H36N2O4/c1-6-21(20(3)27-16-22-10-8-9-11-26(22)30-5)17-28(4)18-23(29)19-32-25-14-12-24(13-15-25)31-7-2/h6,8-15,23,29H,7,16-19H2,1-5H3. The van der Waals surface area contributed by atoms with Crippen LogP contribution in [-0.4, -0.2) is 62.3 Å². The smallest absolute Gasteiger partial charge is 0.123 e. The first-order chi connectivity index (χ1) is 15.5. The van der Waals surface area contributed by atoms with Crippen LogP contribution in [0, 0.1) is 0 Å². The molecule has 2 aromatic carbocycles. The van der Waals surface area contributed by atoms with Gasteiger partial charge in [-0.1, -0.05) is 24.3 Å². The normalized spacial score (nSPS) is 13.2. The fourth-order valence-electron chi connectivity index (χ4n) is 3.31. The molecule has 0 aliphatic rings. The Kier molecular flexibility index (Phi) is 10.8. The molecule has 2 aromatic rings. The fourth-order valence-corrected chi connectivity index (χ4v) is 3.31. The zero-order valence-electron chi connectivity index (χ0n) is 19.9. The number of para-hydroxylation sites is 1. The van der Waals surface area contributed by atoms with Gasteiger partial charge in [0.2, 0.25) is 0 Å². The molecule has 6 nitrogen and oxygen atoms in total. The molecule has 0 radical (unpaired) electrons. The molecule has 1 unspecified atom stereocenters. The van der Waals surface area contributed by atoms with E-state index in [9.17, 15) is 5.11 Å². The third-order valence-corrected chi connectivity index (χ3v) is 5.03. The summed E-state index contributed by atoms with van der Waals surface area (Å²) in [5.41, 5.74) is 3.16. The summed E-state index contributed by atoms with van der Waals surface area (Å²) in [6.07, 6.45) is 1.47. The van der Waals surface area contributed by atoms with Gasteiger partial charge in [-0.15, -0.1) is 0 Å². The van der Waals surface area contributed by atoms with E-state index in [1.54, 1.807) is 7.11 Å². The zero-order valence-corrected chi connectivity index (χ0v) is 19.9. The first-order valence-corrected chi connectivity index (χ1v) is 11.0. The Morgan fingerprint density at radius 1 is 1.09 bits per heavy atom.